The van der Waals surface area contributed by atoms with Crippen molar-refractivity contribution < 1.29 is 19.5 Å². The number of benzene rings is 1. The molecule has 2 N–H and O–H groups in total. The molecule has 0 radical (unpaired) electrons. The van der Waals surface area contributed by atoms with Crippen LogP contribution in [0.1, 0.15) is 18.5 Å². The molecule has 0 aliphatic carbocycles. The summed E-state index contributed by atoms with van der Waals surface area (Å²) in [6, 6.07) is 8.48. The Morgan fingerprint density at radius 1 is 1.21 bits per heavy atom. The smallest absolute Gasteiger partial charge is 0.303 e. The molecule has 1 aliphatic rings. The Hall–Kier alpha value is -2.68. The third-order valence-corrected chi connectivity index (χ3v) is 4.92. The number of halogens is 2. The van der Waals surface area contributed by atoms with Gasteiger partial charge in [-0.1, -0.05) is 23.2 Å². The van der Waals surface area contributed by atoms with Gasteiger partial charge in [0.25, 0.3) is 11.8 Å². The van der Waals surface area contributed by atoms with Crippen LogP contribution in [0.5, 0.6) is 0 Å². The van der Waals surface area contributed by atoms with Gasteiger partial charge in [0.05, 0.1) is 0 Å². The van der Waals surface area contributed by atoms with Crippen LogP contribution >= 0.6 is 35.4 Å². The Bertz CT molecular complexity index is 1030. The van der Waals surface area contributed by atoms with E-state index >= 15 is 0 Å². The van der Waals surface area contributed by atoms with Crippen LogP contribution in [0.15, 0.2) is 42.1 Å². The number of carbonyl (C=O) groups excluding carboxylic acids is 2. The van der Waals surface area contributed by atoms with Crippen molar-refractivity contribution in [3.8, 4) is 5.69 Å². The summed E-state index contributed by atoms with van der Waals surface area (Å²) in [6.45, 7) is 0.0898. The lowest BCUT2D eigenvalue weighted by atomic mass is 10.1. The number of amides is 2. The monoisotopic (exact) mass is 451 g/mol. The maximum Gasteiger partial charge on any atom is 0.303 e. The lowest BCUT2D eigenvalue weighted by Crippen LogP contribution is -2.54. The first kappa shape index (κ1) is 21.0. The third kappa shape index (κ3) is 4.84. The minimum absolute atomic E-state index is 0.0421. The highest BCUT2D eigenvalue weighted by molar-refractivity contribution is 7.80. The van der Waals surface area contributed by atoms with Crippen LogP contribution in [0.25, 0.3) is 11.8 Å². The lowest BCUT2D eigenvalue weighted by Gasteiger charge is -2.28. The topological polar surface area (TPSA) is 91.6 Å². The molecule has 1 fully saturated rings. The molecule has 1 aliphatic heterocycles. The van der Waals surface area contributed by atoms with Crippen molar-refractivity contribution in [1.29, 1.82) is 0 Å². The lowest BCUT2D eigenvalue weighted by molar-refractivity contribution is -0.137. The second-order valence-electron chi connectivity index (χ2n) is 6.20. The predicted octanol–water partition coefficient (Wildman–Crippen LogP) is 3.28. The predicted molar refractivity (Wildman–Crippen MR) is 113 cm³/mol. The molecule has 150 valence electrons. The average Bonchev–Trinajstić information content (AvgIpc) is 3.08. The maximum absolute atomic E-state index is 12.8. The molecule has 2 heterocycles. The number of aromatic nitrogens is 1. The Morgan fingerprint density at radius 3 is 2.55 bits per heavy atom. The van der Waals surface area contributed by atoms with E-state index in [1.165, 1.54) is 11.0 Å². The first-order chi connectivity index (χ1) is 13.8. The molecule has 29 heavy (non-hydrogen) atoms. The molecule has 0 saturated carbocycles. The van der Waals surface area contributed by atoms with Gasteiger partial charge in [-0.2, -0.15) is 0 Å². The summed E-state index contributed by atoms with van der Waals surface area (Å²) in [5.74, 6) is -2.18. The third-order valence-electron chi connectivity index (χ3n) is 4.16. The van der Waals surface area contributed by atoms with Crippen LogP contribution in [0.4, 0.5) is 0 Å². The van der Waals surface area contributed by atoms with E-state index in [0.717, 1.165) is 0 Å². The van der Waals surface area contributed by atoms with Gasteiger partial charge >= 0.3 is 5.97 Å². The Labute approximate surface area is 181 Å². The second kappa shape index (κ2) is 8.77. The van der Waals surface area contributed by atoms with E-state index in [9.17, 15) is 14.4 Å². The van der Waals surface area contributed by atoms with Crippen LogP contribution in [0, 0.1) is 0 Å². The number of carboxylic acids is 1. The highest BCUT2D eigenvalue weighted by Crippen LogP contribution is 2.24. The molecule has 1 saturated heterocycles. The number of hydrogen-bond acceptors (Lipinski definition) is 4. The van der Waals surface area contributed by atoms with E-state index in [1.54, 1.807) is 41.1 Å². The van der Waals surface area contributed by atoms with Crippen molar-refractivity contribution >= 4 is 64.4 Å². The Kier molecular flexibility index (Phi) is 6.36. The van der Waals surface area contributed by atoms with Gasteiger partial charge in [0, 0.05) is 40.6 Å². The number of rotatable bonds is 6. The van der Waals surface area contributed by atoms with E-state index in [2.05, 4.69) is 5.32 Å². The molecule has 0 spiro atoms. The zero-order valence-electron chi connectivity index (χ0n) is 14.9. The van der Waals surface area contributed by atoms with E-state index in [0.29, 0.717) is 21.4 Å². The fourth-order valence-electron chi connectivity index (χ4n) is 2.86. The first-order valence-electron chi connectivity index (χ1n) is 8.51. The van der Waals surface area contributed by atoms with Crippen molar-refractivity contribution in [2.75, 3.05) is 6.54 Å². The van der Waals surface area contributed by atoms with Crippen molar-refractivity contribution in [3.05, 3.63) is 57.8 Å². The molecule has 2 aromatic rings. The molecule has 2 amide bonds. The van der Waals surface area contributed by atoms with Crippen LogP contribution in [0.2, 0.25) is 10.0 Å². The van der Waals surface area contributed by atoms with Crippen LogP contribution in [0.3, 0.4) is 0 Å². The molecular weight excluding hydrogens is 437 g/mol. The van der Waals surface area contributed by atoms with Gasteiger partial charge < -0.3 is 9.67 Å². The van der Waals surface area contributed by atoms with Gasteiger partial charge in [-0.25, -0.2) is 0 Å². The van der Waals surface area contributed by atoms with E-state index < -0.39 is 17.8 Å². The van der Waals surface area contributed by atoms with E-state index in [-0.39, 0.29) is 30.1 Å². The normalized spacial score (nSPS) is 15.7. The Morgan fingerprint density at radius 2 is 1.90 bits per heavy atom. The van der Waals surface area contributed by atoms with Gasteiger partial charge in [-0.3, -0.25) is 24.6 Å². The number of aliphatic carboxylic acids is 1. The summed E-state index contributed by atoms with van der Waals surface area (Å²) in [5.41, 5.74) is 1.11. The molecule has 3 rings (SSSR count). The summed E-state index contributed by atoms with van der Waals surface area (Å²) in [5, 5.41) is 12.1. The summed E-state index contributed by atoms with van der Waals surface area (Å²) in [6.07, 6.45) is 3.28. The maximum atomic E-state index is 12.8. The molecule has 1 aromatic carbocycles. The van der Waals surface area contributed by atoms with Gasteiger partial charge in [0.1, 0.15) is 5.57 Å². The molecule has 0 atom stereocenters. The van der Waals surface area contributed by atoms with Crippen molar-refractivity contribution in [2.45, 2.75) is 12.8 Å². The number of nitrogens with zero attached hydrogens (tertiary/aromatic N) is 2. The van der Waals surface area contributed by atoms with Crippen LogP contribution < -0.4 is 5.32 Å². The zero-order chi connectivity index (χ0) is 21.1. The van der Waals surface area contributed by atoms with Gasteiger partial charge in [0.15, 0.2) is 5.11 Å². The number of nitrogens with one attached hydrogen (secondary N) is 1. The number of hydrogen-bond donors (Lipinski definition) is 2. The van der Waals surface area contributed by atoms with Crippen molar-refractivity contribution in [2.24, 2.45) is 0 Å². The quantitative estimate of drug-likeness (QED) is 0.399. The first-order valence-corrected chi connectivity index (χ1v) is 9.67. The highest BCUT2D eigenvalue weighted by Gasteiger charge is 2.33. The zero-order valence-corrected chi connectivity index (χ0v) is 17.2. The molecule has 0 bridgehead atoms. The molecule has 7 nitrogen and oxygen atoms in total. The van der Waals surface area contributed by atoms with Crippen LogP contribution in [-0.2, 0) is 14.4 Å². The SMILES string of the molecule is O=C(O)CCCN1C(=O)/C(=C/c2cccn2-c2cc(Cl)cc(Cl)c2)C(=O)NC1=S. The van der Waals surface area contributed by atoms with Crippen molar-refractivity contribution in [1.82, 2.24) is 14.8 Å². The highest BCUT2D eigenvalue weighted by atomic mass is 35.5. The van der Waals surface area contributed by atoms with Crippen molar-refractivity contribution in [3.63, 3.8) is 0 Å². The van der Waals surface area contributed by atoms with Gasteiger partial charge in [-0.15, -0.1) is 0 Å². The second-order valence-corrected chi connectivity index (χ2v) is 7.46. The molecule has 10 heteroatoms. The molecular formula is C19H15Cl2N3O4S. The summed E-state index contributed by atoms with van der Waals surface area (Å²) in [4.78, 5) is 37.1. The average molecular weight is 452 g/mol. The van der Waals surface area contributed by atoms with Gasteiger partial charge in [-0.05, 0) is 55.0 Å². The molecule has 1 aromatic heterocycles. The van der Waals surface area contributed by atoms with E-state index in [1.807, 2.05) is 0 Å². The van der Waals surface area contributed by atoms with Gasteiger partial charge in [0.2, 0.25) is 0 Å². The standard InChI is InChI=1S/C19H15Cl2N3O4S/c20-11-7-12(21)9-14(8-11)23-5-1-3-13(23)10-15-17(27)22-19(29)24(18(15)28)6-2-4-16(25)26/h1,3,5,7-10H,2,4,6H2,(H,25,26)(H,22,27,29)/b15-10+. The minimum Gasteiger partial charge on any atom is -0.481 e. The number of carbonyl (C=O) groups is 3. The fourth-order valence-corrected chi connectivity index (χ4v) is 3.64. The summed E-state index contributed by atoms with van der Waals surface area (Å²) < 4.78 is 1.73. The fraction of sp³-hybridized carbons (Fsp3) is 0.158. The number of thiocarbonyl (C=S) groups is 1. The van der Waals surface area contributed by atoms with Crippen LogP contribution in [-0.4, -0.2) is 44.0 Å². The number of carboxylic acid groups (broad SMARTS) is 1. The van der Waals surface area contributed by atoms with E-state index in [4.69, 9.17) is 40.5 Å². The largest absolute Gasteiger partial charge is 0.481 e. The minimum atomic E-state index is -0.974. The summed E-state index contributed by atoms with van der Waals surface area (Å²) >= 11 is 17.2. The Balaban J connectivity index is 1.92. The summed E-state index contributed by atoms with van der Waals surface area (Å²) in [7, 11) is 0. The molecule has 0 unspecified atom stereocenters.